The van der Waals surface area contributed by atoms with E-state index in [0.29, 0.717) is 17.9 Å². The van der Waals surface area contributed by atoms with E-state index in [2.05, 4.69) is 27.7 Å². The van der Waals surface area contributed by atoms with Gasteiger partial charge in [-0.25, -0.2) is 4.79 Å². The smallest absolute Gasteiger partial charge is 0.328 e. The summed E-state index contributed by atoms with van der Waals surface area (Å²) < 4.78 is 6.16. The van der Waals surface area contributed by atoms with Gasteiger partial charge in [-0.3, -0.25) is 0 Å². The molecule has 3 heteroatoms. The van der Waals surface area contributed by atoms with Gasteiger partial charge < -0.3 is 9.84 Å². The highest BCUT2D eigenvalue weighted by molar-refractivity contribution is 5.80. The monoisotopic (exact) mass is 320 g/mol. The highest BCUT2D eigenvalue weighted by atomic mass is 16.6. The van der Waals surface area contributed by atoms with Gasteiger partial charge in [-0.1, -0.05) is 26.3 Å². The quantitative estimate of drug-likeness (QED) is 0.597. The van der Waals surface area contributed by atoms with Crippen LogP contribution in [0.3, 0.4) is 0 Å². The molecule has 2 saturated carbocycles. The molecule has 1 saturated heterocycles. The van der Waals surface area contributed by atoms with Gasteiger partial charge in [0.15, 0.2) is 0 Å². The van der Waals surface area contributed by atoms with Crippen molar-refractivity contribution < 1.29 is 14.6 Å². The third-order valence-corrected chi connectivity index (χ3v) is 8.01. The molecule has 0 radical (unpaired) electrons. The zero-order valence-electron chi connectivity index (χ0n) is 15.3. The summed E-state index contributed by atoms with van der Waals surface area (Å²) in [5, 5.41) is 8.95. The van der Waals surface area contributed by atoms with Crippen molar-refractivity contribution in [2.24, 2.45) is 22.7 Å². The zero-order valence-corrected chi connectivity index (χ0v) is 15.3. The van der Waals surface area contributed by atoms with Gasteiger partial charge in [0.2, 0.25) is 0 Å². The van der Waals surface area contributed by atoms with Crippen LogP contribution in [0.2, 0.25) is 0 Å². The fourth-order valence-corrected chi connectivity index (χ4v) is 5.92. The summed E-state index contributed by atoms with van der Waals surface area (Å²) in [7, 11) is 0. The molecule has 0 spiro atoms. The summed E-state index contributed by atoms with van der Waals surface area (Å²) in [4.78, 5) is 10.9. The average molecular weight is 320 g/mol. The predicted molar refractivity (Wildman–Crippen MR) is 91.2 cm³/mol. The molecule has 3 fully saturated rings. The van der Waals surface area contributed by atoms with Gasteiger partial charge in [0.25, 0.3) is 0 Å². The third kappa shape index (κ3) is 2.47. The number of fused-ring (bicyclic) bond motifs is 3. The van der Waals surface area contributed by atoms with Crippen molar-refractivity contribution in [1.82, 2.24) is 0 Å². The molecule has 0 aromatic heterocycles. The van der Waals surface area contributed by atoms with Crippen molar-refractivity contribution in [3.8, 4) is 0 Å². The molecule has 2 aliphatic carbocycles. The Morgan fingerprint density at radius 3 is 2.61 bits per heavy atom. The number of epoxide rings is 1. The van der Waals surface area contributed by atoms with Crippen LogP contribution in [0, 0.1) is 22.7 Å². The Labute approximate surface area is 140 Å². The van der Waals surface area contributed by atoms with Gasteiger partial charge in [-0.15, -0.1) is 0 Å². The molecule has 0 amide bonds. The largest absolute Gasteiger partial charge is 0.478 e. The number of allylic oxidation sites excluding steroid dienone is 1. The highest BCUT2D eigenvalue weighted by Gasteiger charge is 2.71. The maximum Gasteiger partial charge on any atom is 0.328 e. The second-order valence-electron chi connectivity index (χ2n) is 9.04. The Balaban J connectivity index is 1.82. The van der Waals surface area contributed by atoms with E-state index in [1.807, 2.05) is 6.92 Å². The summed E-state index contributed by atoms with van der Waals surface area (Å²) in [6, 6.07) is 0. The van der Waals surface area contributed by atoms with E-state index in [4.69, 9.17) is 9.84 Å². The van der Waals surface area contributed by atoms with Crippen LogP contribution in [0.1, 0.15) is 73.1 Å². The molecular formula is C20H32O3. The second kappa shape index (κ2) is 5.34. The van der Waals surface area contributed by atoms with E-state index < -0.39 is 5.97 Å². The van der Waals surface area contributed by atoms with Crippen molar-refractivity contribution in [3.63, 3.8) is 0 Å². The minimum atomic E-state index is -0.825. The summed E-state index contributed by atoms with van der Waals surface area (Å²) in [5.41, 5.74) is 1.63. The number of ether oxygens (including phenoxy) is 1. The second-order valence-corrected chi connectivity index (χ2v) is 9.04. The molecule has 3 aliphatic rings. The molecule has 130 valence electrons. The number of rotatable bonds is 4. The number of carboxylic acid groups (broad SMARTS) is 1. The van der Waals surface area contributed by atoms with E-state index >= 15 is 0 Å². The first-order chi connectivity index (χ1) is 10.6. The van der Waals surface area contributed by atoms with Crippen LogP contribution in [0.4, 0.5) is 0 Å². The van der Waals surface area contributed by atoms with Crippen molar-refractivity contribution in [1.29, 1.82) is 0 Å². The lowest BCUT2D eigenvalue weighted by molar-refractivity contribution is -0.131. The maximum atomic E-state index is 10.9. The maximum absolute atomic E-state index is 10.9. The minimum Gasteiger partial charge on any atom is -0.478 e. The summed E-state index contributed by atoms with van der Waals surface area (Å²) in [5.74, 6) is 0.547. The Kier molecular flexibility index (Phi) is 3.95. The number of hydrogen-bond acceptors (Lipinski definition) is 2. The molecule has 0 bridgehead atoms. The first-order valence-electron chi connectivity index (χ1n) is 9.21. The molecule has 23 heavy (non-hydrogen) atoms. The fourth-order valence-electron chi connectivity index (χ4n) is 5.92. The van der Waals surface area contributed by atoms with E-state index in [0.717, 1.165) is 18.4 Å². The standard InChI is InChI=1S/C20H32O3/c1-13(12-17(21)22)8-10-18(3)14(2)9-11-19(4)15(18)6-7-16-20(19,5)23-16/h12,14-16H,6-11H2,1-5H3,(H,21,22)/b13-12+/t14-,15-,16+,18+,19+,20+/m1/s1. The first-order valence-corrected chi connectivity index (χ1v) is 9.21. The molecule has 1 N–H and O–H groups in total. The van der Waals surface area contributed by atoms with Crippen LogP contribution in [0.25, 0.3) is 0 Å². The van der Waals surface area contributed by atoms with Crippen molar-refractivity contribution in [2.75, 3.05) is 0 Å². The molecule has 0 aromatic carbocycles. The number of hydrogen-bond donors (Lipinski definition) is 1. The molecule has 3 nitrogen and oxygen atoms in total. The molecular weight excluding hydrogens is 288 g/mol. The van der Waals surface area contributed by atoms with Gasteiger partial charge in [-0.2, -0.15) is 0 Å². The molecule has 3 rings (SSSR count). The molecule has 1 heterocycles. The zero-order chi connectivity index (χ0) is 17.0. The highest BCUT2D eigenvalue weighted by Crippen LogP contribution is 2.70. The number of carbonyl (C=O) groups is 1. The van der Waals surface area contributed by atoms with E-state index in [1.54, 1.807) is 0 Å². The van der Waals surface area contributed by atoms with Crippen molar-refractivity contribution >= 4 is 5.97 Å². The van der Waals surface area contributed by atoms with E-state index in [-0.39, 0.29) is 16.4 Å². The third-order valence-electron chi connectivity index (χ3n) is 8.01. The van der Waals surface area contributed by atoms with Gasteiger partial charge >= 0.3 is 5.97 Å². The average Bonchev–Trinajstić information content (AvgIpc) is 3.14. The molecule has 0 aromatic rings. The Hall–Kier alpha value is -0.830. The van der Waals surface area contributed by atoms with Crippen LogP contribution in [-0.4, -0.2) is 22.8 Å². The lowest BCUT2D eigenvalue weighted by Gasteiger charge is -2.59. The van der Waals surface area contributed by atoms with Gasteiger partial charge in [0, 0.05) is 11.5 Å². The molecule has 1 aliphatic heterocycles. The Bertz CT molecular complexity index is 539. The summed E-state index contributed by atoms with van der Waals surface area (Å²) in [6.45, 7) is 11.6. The Morgan fingerprint density at radius 2 is 1.96 bits per heavy atom. The fraction of sp³-hybridized carbons (Fsp3) is 0.850. The van der Waals surface area contributed by atoms with Crippen LogP contribution >= 0.6 is 0 Å². The number of carboxylic acids is 1. The van der Waals surface area contributed by atoms with Crippen LogP contribution < -0.4 is 0 Å². The molecule has 0 unspecified atom stereocenters. The topological polar surface area (TPSA) is 49.8 Å². The van der Waals surface area contributed by atoms with Crippen molar-refractivity contribution in [3.05, 3.63) is 11.6 Å². The van der Waals surface area contributed by atoms with Crippen LogP contribution in [0.15, 0.2) is 11.6 Å². The van der Waals surface area contributed by atoms with E-state index in [1.165, 1.54) is 31.8 Å². The van der Waals surface area contributed by atoms with Crippen molar-refractivity contribution in [2.45, 2.75) is 84.8 Å². The van der Waals surface area contributed by atoms with Crippen LogP contribution in [-0.2, 0) is 9.53 Å². The predicted octanol–water partition coefficient (Wildman–Crippen LogP) is 4.81. The van der Waals surface area contributed by atoms with Gasteiger partial charge in [0.1, 0.15) is 0 Å². The van der Waals surface area contributed by atoms with Gasteiger partial charge in [0.05, 0.1) is 11.7 Å². The van der Waals surface area contributed by atoms with E-state index in [9.17, 15) is 4.79 Å². The lowest BCUT2D eigenvalue weighted by atomic mass is 9.44. The van der Waals surface area contributed by atoms with Crippen LogP contribution in [0.5, 0.6) is 0 Å². The summed E-state index contributed by atoms with van der Waals surface area (Å²) >= 11 is 0. The lowest BCUT2D eigenvalue weighted by Crippen LogP contribution is -2.56. The summed E-state index contributed by atoms with van der Waals surface area (Å²) in [6.07, 6.45) is 8.82. The normalized spacial score (nSPS) is 49.3. The SMILES string of the molecule is C/C(=C\C(=O)O)CC[C@@]1(C)[C@H](C)CC[C@@]2(C)[C@@H]1CC[C@@H]1O[C@@]12C. The van der Waals surface area contributed by atoms with Gasteiger partial charge in [-0.05, 0) is 69.6 Å². The first kappa shape index (κ1) is 17.0. The molecule has 6 atom stereocenters. The number of aliphatic carboxylic acids is 1. The minimum absolute atomic E-state index is 0.0866. The Morgan fingerprint density at radius 1 is 1.26 bits per heavy atom.